The van der Waals surface area contributed by atoms with E-state index in [0.717, 1.165) is 5.76 Å². The maximum atomic E-state index is 11.9. The molecular formula is C14H13ClN2O2S. The molecule has 20 heavy (non-hydrogen) atoms. The molecule has 0 saturated carbocycles. The number of anilines is 1. The number of furan rings is 1. The minimum Gasteiger partial charge on any atom is -0.469 e. The van der Waals surface area contributed by atoms with E-state index in [1.807, 2.05) is 6.07 Å². The molecule has 0 bridgehead atoms. The van der Waals surface area contributed by atoms with E-state index in [2.05, 4.69) is 5.32 Å². The summed E-state index contributed by atoms with van der Waals surface area (Å²) in [5, 5.41) is 3.18. The van der Waals surface area contributed by atoms with Crippen LogP contribution in [0.4, 0.5) is 5.69 Å². The first-order valence-electron chi connectivity index (χ1n) is 5.98. The van der Waals surface area contributed by atoms with Gasteiger partial charge < -0.3 is 15.5 Å². The zero-order valence-electron chi connectivity index (χ0n) is 10.6. The number of nitrogens with two attached hydrogens (primary N) is 1. The van der Waals surface area contributed by atoms with Gasteiger partial charge in [-0.3, -0.25) is 4.79 Å². The molecule has 2 rings (SSSR count). The van der Waals surface area contributed by atoms with Gasteiger partial charge in [0.1, 0.15) is 10.7 Å². The molecule has 0 aliphatic rings. The molecule has 0 radical (unpaired) electrons. The first-order chi connectivity index (χ1) is 9.56. The average molecular weight is 309 g/mol. The molecule has 104 valence electrons. The van der Waals surface area contributed by atoms with E-state index in [9.17, 15) is 4.79 Å². The number of amides is 1. The van der Waals surface area contributed by atoms with E-state index < -0.39 is 0 Å². The van der Waals surface area contributed by atoms with Crippen LogP contribution in [0, 0.1) is 0 Å². The number of hydrogen-bond donors (Lipinski definition) is 2. The molecular weight excluding hydrogens is 296 g/mol. The summed E-state index contributed by atoms with van der Waals surface area (Å²) in [6.45, 7) is 0. The molecule has 1 heterocycles. The zero-order chi connectivity index (χ0) is 14.5. The summed E-state index contributed by atoms with van der Waals surface area (Å²) in [5.74, 6) is 0.617. The summed E-state index contributed by atoms with van der Waals surface area (Å²) in [7, 11) is 0. The Kier molecular flexibility index (Phi) is 4.76. The summed E-state index contributed by atoms with van der Waals surface area (Å²) in [6.07, 6.45) is 2.42. The fourth-order valence-corrected chi connectivity index (χ4v) is 1.97. The van der Waals surface area contributed by atoms with Gasteiger partial charge in [0.05, 0.1) is 17.0 Å². The van der Waals surface area contributed by atoms with E-state index in [4.69, 9.17) is 34.0 Å². The van der Waals surface area contributed by atoms with Crippen LogP contribution >= 0.6 is 23.8 Å². The van der Waals surface area contributed by atoms with Gasteiger partial charge in [0.25, 0.3) is 0 Å². The SMILES string of the molecule is NC(=S)c1ccc(Cl)c(NC(=O)CCc2ccco2)c1. The monoisotopic (exact) mass is 308 g/mol. The highest BCUT2D eigenvalue weighted by atomic mass is 35.5. The number of carbonyl (C=O) groups is 1. The predicted molar refractivity (Wildman–Crippen MR) is 83.0 cm³/mol. The van der Waals surface area contributed by atoms with Gasteiger partial charge in [0, 0.05) is 18.4 Å². The average Bonchev–Trinajstić information content (AvgIpc) is 2.92. The van der Waals surface area contributed by atoms with E-state index in [1.54, 1.807) is 30.5 Å². The molecule has 2 aromatic rings. The van der Waals surface area contributed by atoms with Crippen LogP contribution in [0.5, 0.6) is 0 Å². The fourth-order valence-electron chi connectivity index (χ4n) is 1.68. The lowest BCUT2D eigenvalue weighted by atomic mass is 10.2. The van der Waals surface area contributed by atoms with Crippen LogP contribution in [0.3, 0.4) is 0 Å². The van der Waals surface area contributed by atoms with Crippen molar-refractivity contribution in [1.29, 1.82) is 0 Å². The second-order valence-electron chi connectivity index (χ2n) is 4.19. The molecule has 6 heteroatoms. The number of aryl methyl sites for hydroxylation is 1. The molecule has 0 saturated heterocycles. The summed E-state index contributed by atoms with van der Waals surface area (Å²) >= 11 is 10.9. The largest absolute Gasteiger partial charge is 0.469 e. The highest BCUT2D eigenvalue weighted by molar-refractivity contribution is 7.80. The summed E-state index contributed by atoms with van der Waals surface area (Å²) in [4.78, 5) is 12.1. The minimum atomic E-state index is -0.150. The maximum absolute atomic E-state index is 11.9. The van der Waals surface area contributed by atoms with Crippen LogP contribution in [0.15, 0.2) is 41.0 Å². The summed E-state index contributed by atoms with van der Waals surface area (Å²) < 4.78 is 5.17. The lowest BCUT2D eigenvalue weighted by Gasteiger charge is -2.08. The lowest BCUT2D eigenvalue weighted by Crippen LogP contribution is -2.14. The number of nitrogens with one attached hydrogen (secondary N) is 1. The molecule has 1 aromatic heterocycles. The Bertz CT molecular complexity index is 626. The second-order valence-corrected chi connectivity index (χ2v) is 5.03. The molecule has 1 aromatic carbocycles. The van der Waals surface area contributed by atoms with Crippen molar-refractivity contribution in [2.24, 2.45) is 5.73 Å². The van der Waals surface area contributed by atoms with Crippen molar-refractivity contribution in [3.05, 3.63) is 52.9 Å². The van der Waals surface area contributed by atoms with E-state index in [1.165, 1.54) is 0 Å². The number of hydrogen-bond acceptors (Lipinski definition) is 3. The third-order valence-electron chi connectivity index (χ3n) is 2.70. The number of benzene rings is 1. The minimum absolute atomic E-state index is 0.150. The maximum Gasteiger partial charge on any atom is 0.224 e. The van der Waals surface area contributed by atoms with Crippen LogP contribution in [-0.2, 0) is 11.2 Å². The Hall–Kier alpha value is -1.85. The quantitative estimate of drug-likeness (QED) is 0.833. The van der Waals surface area contributed by atoms with Crippen molar-refractivity contribution < 1.29 is 9.21 Å². The van der Waals surface area contributed by atoms with Crippen molar-refractivity contribution >= 4 is 40.4 Å². The van der Waals surface area contributed by atoms with Gasteiger partial charge in [-0.25, -0.2) is 0 Å². The first kappa shape index (κ1) is 14.6. The van der Waals surface area contributed by atoms with Crippen molar-refractivity contribution in [2.75, 3.05) is 5.32 Å². The van der Waals surface area contributed by atoms with E-state index >= 15 is 0 Å². The van der Waals surface area contributed by atoms with Crippen molar-refractivity contribution in [1.82, 2.24) is 0 Å². The Balaban J connectivity index is 2.00. The van der Waals surface area contributed by atoms with Gasteiger partial charge in [-0.05, 0) is 24.3 Å². The number of rotatable bonds is 5. The number of thiocarbonyl (C=S) groups is 1. The Labute approximate surface area is 126 Å². The molecule has 0 aliphatic heterocycles. The Morgan fingerprint density at radius 3 is 2.85 bits per heavy atom. The van der Waals surface area contributed by atoms with Crippen molar-refractivity contribution in [2.45, 2.75) is 12.8 Å². The van der Waals surface area contributed by atoms with Gasteiger partial charge in [-0.2, -0.15) is 0 Å². The lowest BCUT2D eigenvalue weighted by molar-refractivity contribution is -0.116. The zero-order valence-corrected chi connectivity index (χ0v) is 12.1. The highest BCUT2D eigenvalue weighted by Gasteiger charge is 2.09. The van der Waals surface area contributed by atoms with Gasteiger partial charge in [0.15, 0.2) is 0 Å². The Morgan fingerprint density at radius 1 is 1.40 bits per heavy atom. The molecule has 3 N–H and O–H groups in total. The standard InChI is InChI=1S/C14H13ClN2O2S/c15-11-5-3-9(14(16)20)8-12(11)17-13(18)6-4-10-2-1-7-19-10/h1-3,5,7-8H,4,6H2,(H2,16,20)(H,17,18). The number of carbonyl (C=O) groups excluding carboxylic acids is 1. The fraction of sp³-hybridized carbons (Fsp3) is 0.143. The van der Waals surface area contributed by atoms with E-state index in [-0.39, 0.29) is 10.9 Å². The topological polar surface area (TPSA) is 68.3 Å². The van der Waals surface area contributed by atoms with Crippen LogP contribution in [0.1, 0.15) is 17.7 Å². The van der Waals surface area contributed by atoms with Gasteiger partial charge in [-0.1, -0.05) is 29.9 Å². The highest BCUT2D eigenvalue weighted by Crippen LogP contribution is 2.23. The summed E-state index contributed by atoms with van der Waals surface area (Å²) in [6, 6.07) is 8.64. The molecule has 0 aliphatic carbocycles. The predicted octanol–water partition coefficient (Wildman–Crippen LogP) is 3.14. The molecule has 0 unspecified atom stereocenters. The van der Waals surface area contributed by atoms with Crippen LogP contribution in [-0.4, -0.2) is 10.9 Å². The van der Waals surface area contributed by atoms with Crippen molar-refractivity contribution in [3.63, 3.8) is 0 Å². The first-order valence-corrected chi connectivity index (χ1v) is 6.76. The van der Waals surface area contributed by atoms with Gasteiger partial charge >= 0.3 is 0 Å². The normalized spacial score (nSPS) is 10.2. The molecule has 0 atom stereocenters. The molecule has 4 nitrogen and oxygen atoms in total. The molecule has 1 amide bonds. The van der Waals surface area contributed by atoms with Crippen LogP contribution in [0.2, 0.25) is 5.02 Å². The summed E-state index contributed by atoms with van der Waals surface area (Å²) in [5.41, 5.74) is 6.71. The second kappa shape index (κ2) is 6.54. The number of halogens is 1. The van der Waals surface area contributed by atoms with E-state index in [0.29, 0.717) is 29.1 Å². The van der Waals surface area contributed by atoms with Crippen LogP contribution < -0.4 is 11.1 Å². The Morgan fingerprint density at radius 2 is 2.20 bits per heavy atom. The van der Waals surface area contributed by atoms with Crippen molar-refractivity contribution in [3.8, 4) is 0 Å². The third-order valence-corrected chi connectivity index (χ3v) is 3.27. The smallest absolute Gasteiger partial charge is 0.224 e. The van der Waals surface area contributed by atoms with Gasteiger partial charge in [0.2, 0.25) is 5.91 Å². The van der Waals surface area contributed by atoms with Crippen LogP contribution in [0.25, 0.3) is 0 Å². The third kappa shape index (κ3) is 3.82. The molecule has 0 spiro atoms. The van der Waals surface area contributed by atoms with Gasteiger partial charge in [-0.15, -0.1) is 0 Å². The molecule has 0 fully saturated rings.